The summed E-state index contributed by atoms with van der Waals surface area (Å²) in [5.74, 6) is 2.14. The van der Waals surface area contributed by atoms with Gasteiger partial charge in [0.05, 0.1) is 18.7 Å². The predicted octanol–water partition coefficient (Wildman–Crippen LogP) is 4.65. The Morgan fingerprint density at radius 2 is 1.85 bits per heavy atom. The summed E-state index contributed by atoms with van der Waals surface area (Å²) in [6.07, 6.45) is 4.47. The van der Waals surface area contributed by atoms with Crippen LogP contribution < -0.4 is 18.9 Å². The number of ketones is 1. The van der Waals surface area contributed by atoms with E-state index in [9.17, 15) is 9.59 Å². The molecule has 0 radical (unpaired) electrons. The summed E-state index contributed by atoms with van der Waals surface area (Å²) in [5.41, 5.74) is 1.36. The molecule has 0 aliphatic carbocycles. The third kappa shape index (κ3) is 5.30. The van der Waals surface area contributed by atoms with Crippen LogP contribution in [0.1, 0.15) is 35.7 Å². The van der Waals surface area contributed by atoms with Crippen molar-refractivity contribution in [3.8, 4) is 23.0 Å². The van der Waals surface area contributed by atoms with Gasteiger partial charge < -0.3 is 23.8 Å². The molecule has 0 saturated carbocycles. The van der Waals surface area contributed by atoms with E-state index in [4.69, 9.17) is 30.5 Å². The Kier molecular flexibility index (Phi) is 7.63. The normalized spacial score (nSPS) is 15.9. The number of nitrogens with zero attached hydrogens (tertiary/aromatic N) is 1. The van der Waals surface area contributed by atoms with Crippen molar-refractivity contribution in [1.82, 2.24) is 4.90 Å². The first-order chi connectivity index (χ1) is 16.5. The van der Waals surface area contributed by atoms with Crippen molar-refractivity contribution in [3.63, 3.8) is 0 Å². The number of benzene rings is 2. The van der Waals surface area contributed by atoms with Gasteiger partial charge in [-0.3, -0.25) is 9.59 Å². The standard InChI is InChI=1S/C26H28ClNO6/c1-3-32-26-20(27)14-17(15-23(26)31-2)4-7-24(29)28-10-8-18(9-11-28)25(30)19-5-6-21-22(16-19)34-13-12-33-21/h4-7,14-16,18H,3,8-13H2,1-2H3/b7-4+. The highest BCUT2D eigenvalue weighted by atomic mass is 35.5. The number of ether oxygens (including phenoxy) is 4. The number of carbonyl (C=O) groups is 2. The number of hydrogen-bond acceptors (Lipinski definition) is 6. The van der Waals surface area contributed by atoms with Gasteiger partial charge in [-0.2, -0.15) is 0 Å². The number of carbonyl (C=O) groups excluding carboxylic acids is 2. The van der Waals surface area contributed by atoms with Gasteiger partial charge in [-0.15, -0.1) is 0 Å². The molecule has 0 unspecified atom stereocenters. The lowest BCUT2D eigenvalue weighted by Gasteiger charge is -2.30. The highest BCUT2D eigenvalue weighted by Crippen LogP contribution is 2.37. The number of piperidine rings is 1. The molecular weight excluding hydrogens is 458 g/mol. The number of amides is 1. The summed E-state index contributed by atoms with van der Waals surface area (Å²) in [5, 5.41) is 0.423. The molecule has 2 aromatic carbocycles. The summed E-state index contributed by atoms with van der Waals surface area (Å²) < 4.78 is 22.0. The average Bonchev–Trinajstić information content (AvgIpc) is 2.88. The number of likely N-dealkylation sites (tertiary alicyclic amines) is 1. The lowest BCUT2D eigenvalue weighted by atomic mass is 9.88. The third-order valence-electron chi connectivity index (χ3n) is 5.96. The minimum Gasteiger partial charge on any atom is -0.493 e. The molecule has 2 heterocycles. The number of halogens is 1. The fourth-order valence-electron chi connectivity index (χ4n) is 4.19. The zero-order valence-electron chi connectivity index (χ0n) is 19.3. The van der Waals surface area contributed by atoms with Crippen LogP contribution in [-0.2, 0) is 4.79 Å². The number of fused-ring (bicyclic) bond motifs is 1. The van der Waals surface area contributed by atoms with E-state index in [1.54, 1.807) is 48.4 Å². The first-order valence-corrected chi connectivity index (χ1v) is 11.8. The smallest absolute Gasteiger partial charge is 0.246 e. The fraction of sp³-hybridized carbons (Fsp3) is 0.385. The van der Waals surface area contributed by atoms with Gasteiger partial charge in [0.25, 0.3) is 0 Å². The van der Waals surface area contributed by atoms with Crippen molar-refractivity contribution in [2.75, 3.05) is 40.0 Å². The van der Waals surface area contributed by atoms with Crippen LogP contribution >= 0.6 is 11.6 Å². The van der Waals surface area contributed by atoms with Crippen LogP contribution in [0.15, 0.2) is 36.4 Å². The maximum atomic E-state index is 13.0. The van der Waals surface area contributed by atoms with Crippen LogP contribution in [0.2, 0.25) is 5.02 Å². The summed E-state index contributed by atoms with van der Waals surface area (Å²) in [7, 11) is 1.54. The van der Waals surface area contributed by atoms with Gasteiger partial charge in [-0.1, -0.05) is 11.6 Å². The third-order valence-corrected chi connectivity index (χ3v) is 6.24. The van der Waals surface area contributed by atoms with Gasteiger partial charge in [-0.25, -0.2) is 0 Å². The quantitative estimate of drug-likeness (QED) is 0.419. The Hall–Kier alpha value is -3.19. The van der Waals surface area contributed by atoms with Gasteiger partial charge in [-0.05, 0) is 61.7 Å². The molecule has 2 aromatic rings. The Bertz CT molecular complexity index is 1090. The minimum absolute atomic E-state index is 0.0794. The van der Waals surface area contributed by atoms with Crippen LogP contribution in [0.25, 0.3) is 6.08 Å². The number of hydrogen-bond donors (Lipinski definition) is 0. The van der Waals surface area contributed by atoms with Crippen LogP contribution in [0, 0.1) is 5.92 Å². The Morgan fingerprint density at radius 3 is 2.56 bits per heavy atom. The molecule has 0 atom stereocenters. The summed E-state index contributed by atoms with van der Waals surface area (Å²) in [4.78, 5) is 27.5. The molecule has 34 heavy (non-hydrogen) atoms. The molecule has 1 saturated heterocycles. The average molecular weight is 486 g/mol. The monoisotopic (exact) mass is 485 g/mol. The van der Waals surface area contributed by atoms with E-state index in [0.29, 0.717) is 79.3 Å². The van der Waals surface area contributed by atoms with Crippen molar-refractivity contribution in [1.29, 1.82) is 0 Å². The zero-order chi connectivity index (χ0) is 24.1. The van der Waals surface area contributed by atoms with E-state index in [1.807, 2.05) is 6.92 Å². The number of Topliss-reactive ketones (excluding diaryl/α,β-unsaturated/α-hetero) is 1. The molecular formula is C26H28ClNO6. The molecule has 0 N–H and O–H groups in total. The van der Waals surface area contributed by atoms with Crippen molar-refractivity contribution >= 4 is 29.4 Å². The van der Waals surface area contributed by atoms with Gasteiger partial charge in [0.2, 0.25) is 5.91 Å². The van der Waals surface area contributed by atoms with Gasteiger partial charge in [0.15, 0.2) is 28.8 Å². The lowest BCUT2D eigenvalue weighted by molar-refractivity contribution is -0.127. The van der Waals surface area contributed by atoms with E-state index < -0.39 is 0 Å². The van der Waals surface area contributed by atoms with Gasteiger partial charge >= 0.3 is 0 Å². The first kappa shape index (κ1) is 24.0. The van der Waals surface area contributed by atoms with E-state index in [0.717, 1.165) is 5.56 Å². The SMILES string of the molecule is CCOc1c(Cl)cc(/C=C/C(=O)N2CCC(C(=O)c3ccc4c(c3)OCCO4)CC2)cc1OC. The molecule has 0 spiro atoms. The highest BCUT2D eigenvalue weighted by Gasteiger charge is 2.28. The number of rotatable bonds is 7. The van der Waals surface area contributed by atoms with Crippen molar-refractivity contribution in [3.05, 3.63) is 52.6 Å². The van der Waals surface area contributed by atoms with Crippen LogP contribution in [0.5, 0.6) is 23.0 Å². The largest absolute Gasteiger partial charge is 0.493 e. The molecule has 1 amide bonds. The Morgan fingerprint density at radius 1 is 1.12 bits per heavy atom. The molecule has 4 rings (SSSR count). The Labute approximate surface area is 204 Å². The summed E-state index contributed by atoms with van der Waals surface area (Å²) in [6, 6.07) is 8.84. The molecule has 2 aliphatic heterocycles. The van der Waals surface area contributed by atoms with Crippen LogP contribution in [0.3, 0.4) is 0 Å². The zero-order valence-corrected chi connectivity index (χ0v) is 20.1. The van der Waals surface area contributed by atoms with Crippen molar-refractivity contribution in [2.24, 2.45) is 5.92 Å². The molecule has 180 valence electrons. The number of methoxy groups -OCH3 is 1. The molecule has 8 heteroatoms. The van der Waals surface area contributed by atoms with E-state index >= 15 is 0 Å². The molecule has 0 aromatic heterocycles. The summed E-state index contributed by atoms with van der Waals surface area (Å²) in [6.45, 7) is 4.38. The van der Waals surface area contributed by atoms with Crippen LogP contribution in [0.4, 0.5) is 0 Å². The molecule has 2 aliphatic rings. The van der Waals surface area contributed by atoms with Crippen LogP contribution in [-0.4, -0.2) is 56.6 Å². The van der Waals surface area contributed by atoms with E-state index in [-0.39, 0.29) is 17.6 Å². The second kappa shape index (κ2) is 10.8. The second-order valence-corrected chi connectivity index (χ2v) is 8.53. The van der Waals surface area contributed by atoms with E-state index in [2.05, 4.69) is 0 Å². The van der Waals surface area contributed by atoms with E-state index in [1.165, 1.54) is 6.08 Å². The molecule has 1 fully saturated rings. The Balaban J connectivity index is 1.35. The van der Waals surface area contributed by atoms with Gasteiger partial charge in [0, 0.05) is 30.6 Å². The second-order valence-electron chi connectivity index (χ2n) is 8.12. The molecule has 7 nitrogen and oxygen atoms in total. The van der Waals surface area contributed by atoms with Crippen molar-refractivity contribution < 1.29 is 28.5 Å². The highest BCUT2D eigenvalue weighted by molar-refractivity contribution is 6.32. The topological polar surface area (TPSA) is 74.3 Å². The van der Waals surface area contributed by atoms with Crippen molar-refractivity contribution in [2.45, 2.75) is 19.8 Å². The first-order valence-electron chi connectivity index (χ1n) is 11.4. The summed E-state index contributed by atoms with van der Waals surface area (Å²) >= 11 is 6.31. The lowest BCUT2D eigenvalue weighted by Crippen LogP contribution is -2.39. The minimum atomic E-state index is -0.121. The molecule has 0 bridgehead atoms. The maximum absolute atomic E-state index is 13.0. The maximum Gasteiger partial charge on any atom is 0.246 e. The fourth-order valence-corrected chi connectivity index (χ4v) is 4.46. The predicted molar refractivity (Wildman–Crippen MR) is 129 cm³/mol. The van der Waals surface area contributed by atoms with Gasteiger partial charge in [0.1, 0.15) is 13.2 Å².